The largest absolute Gasteiger partial charge is 0.480 e. The molecule has 0 saturated carbocycles. The Morgan fingerprint density at radius 2 is 1.61 bits per heavy atom. The van der Waals surface area contributed by atoms with Gasteiger partial charge in [-0.25, -0.2) is 0 Å². The first-order valence-electron chi connectivity index (χ1n) is 6.68. The number of carbonyl (C=O) groups excluding carboxylic acids is 4. The second kappa shape index (κ2) is 9.35. The lowest BCUT2D eigenvalue weighted by Crippen LogP contribution is -2.53. The Bertz CT molecular complexity index is 492. The van der Waals surface area contributed by atoms with Crippen molar-refractivity contribution in [3.8, 4) is 0 Å². The summed E-state index contributed by atoms with van der Waals surface area (Å²) >= 11 is 0. The van der Waals surface area contributed by atoms with E-state index in [2.05, 4.69) is 16.0 Å². The first-order chi connectivity index (χ1) is 10.5. The van der Waals surface area contributed by atoms with Gasteiger partial charge in [-0.3, -0.25) is 24.0 Å². The monoisotopic (exact) mass is 331 g/mol. The predicted octanol–water partition coefficient (Wildman–Crippen LogP) is -3.60. The number of carboxylic acids is 1. The molecule has 3 atom stereocenters. The van der Waals surface area contributed by atoms with Gasteiger partial charge in [0.2, 0.25) is 23.6 Å². The van der Waals surface area contributed by atoms with Crippen molar-refractivity contribution in [2.45, 2.75) is 38.4 Å². The molecule has 0 aliphatic carbocycles. The average molecular weight is 331 g/mol. The number of primary amides is 1. The second-order valence-corrected chi connectivity index (χ2v) is 4.87. The van der Waals surface area contributed by atoms with Crippen LogP contribution in [-0.4, -0.2) is 59.4 Å². The van der Waals surface area contributed by atoms with Gasteiger partial charge in [0.05, 0.1) is 19.0 Å². The first kappa shape index (κ1) is 20.3. The van der Waals surface area contributed by atoms with E-state index in [0.717, 1.165) is 0 Å². The Morgan fingerprint density at radius 3 is 2.04 bits per heavy atom. The molecular formula is C12H21N5O6. The van der Waals surface area contributed by atoms with Crippen LogP contribution in [0.2, 0.25) is 0 Å². The summed E-state index contributed by atoms with van der Waals surface area (Å²) in [5, 5.41) is 15.2. The van der Waals surface area contributed by atoms with Gasteiger partial charge in [-0.15, -0.1) is 0 Å². The molecule has 0 aromatic heterocycles. The van der Waals surface area contributed by atoms with Crippen molar-refractivity contribution >= 4 is 29.6 Å². The van der Waals surface area contributed by atoms with Gasteiger partial charge in [0.15, 0.2) is 0 Å². The molecule has 130 valence electrons. The topological polar surface area (TPSA) is 194 Å². The maximum Gasteiger partial charge on any atom is 0.325 e. The average Bonchev–Trinajstić information content (AvgIpc) is 2.42. The highest BCUT2D eigenvalue weighted by Crippen LogP contribution is 1.93. The van der Waals surface area contributed by atoms with E-state index in [1.165, 1.54) is 13.8 Å². The van der Waals surface area contributed by atoms with Crippen LogP contribution in [0.5, 0.6) is 0 Å². The fourth-order valence-electron chi connectivity index (χ4n) is 1.36. The summed E-state index contributed by atoms with van der Waals surface area (Å²) < 4.78 is 0. The third kappa shape index (κ3) is 8.36. The Morgan fingerprint density at radius 1 is 1.04 bits per heavy atom. The van der Waals surface area contributed by atoms with Gasteiger partial charge < -0.3 is 32.5 Å². The minimum atomic E-state index is -1.28. The van der Waals surface area contributed by atoms with Crippen LogP contribution in [0.25, 0.3) is 0 Å². The van der Waals surface area contributed by atoms with Crippen molar-refractivity contribution < 1.29 is 29.1 Å². The molecule has 0 bridgehead atoms. The zero-order valence-electron chi connectivity index (χ0n) is 12.8. The van der Waals surface area contributed by atoms with Gasteiger partial charge in [0.25, 0.3) is 0 Å². The number of carboxylic acid groups (broad SMARTS) is 1. The molecule has 0 spiro atoms. The standard InChI is InChI=1S/C12H21N5O6/c1-5(13)10(20)17-7(3-8(14)18)11(21)15-4-9(19)16-6(2)12(22)23/h5-7H,3-4,13H2,1-2H3,(H2,14,18)(H,15,21)(H,16,19)(H,17,20)(H,22,23). The highest BCUT2D eigenvalue weighted by atomic mass is 16.4. The Kier molecular flexibility index (Phi) is 8.26. The van der Waals surface area contributed by atoms with Crippen molar-refractivity contribution in [3.05, 3.63) is 0 Å². The molecule has 0 aliphatic heterocycles. The van der Waals surface area contributed by atoms with Gasteiger partial charge in [-0.1, -0.05) is 0 Å². The summed E-state index contributed by atoms with van der Waals surface area (Å²) in [6.07, 6.45) is -0.475. The third-order valence-electron chi connectivity index (χ3n) is 2.62. The Balaban J connectivity index is 4.59. The van der Waals surface area contributed by atoms with Crippen LogP contribution in [0.1, 0.15) is 20.3 Å². The van der Waals surface area contributed by atoms with Crippen LogP contribution in [0.15, 0.2) is 0 Å². The molecule has 23 heavy (non-hydrogen) atoms. The quantitative estimate of drug-likeness (QED) is 0.251. The zero-order valence-corrected chi connectivity index (χ0v) is 12.8. The smallest absolute Gasteiger partial charge is 0.325 e. The highest BCUT2D eigenvalue weighted by molar-refractivity contribution is 5.94. The number of hydrogen-bond donors (Lipinski definition) is 6. The van der Waals surface area contributed by atoms with Crippen molar-refractivity contribution in [1.82, 2.24) is 16.0 Å². The molecule has 0 aromatic rings. The van der Waals surface area contributed by atoms with Crippen molar-refractivity contribution in [2.24, 2.45) is 11.5 Å². The number of rotatable bonds is 9. The van der Waals surface area contributed by atoms with Crippen LogP contribution < -0.4 is 27.4 Å². The van der Waals surface area contributed by atoms with E-state index in [0.29, 0.717) is 0 Å². The molecule has 0 aliphatic rings. The Labute approximate surface area is 132 Å². The molecule has 0 saturated heterocycles. The molecular weight excluding hydrogens is 310 g/mol. The molecule has 11 heteroatoms. The van der Waals surface area contributed by atoms with E-state index < -0.39 is 60.7 Å². The number of amides is 4. The summed E-state index contributed by atoms with van der Waals surface area (Å²) in [4.78, 5) is 56.3. The van der Waals surface area contributed by atoms with Gasteiger partial charge in [-0.2, -0.15) is 0 Å². The number of hydrogen-bond acceptors (Lipinski definition) is 6. The molecule has 3 unspecified atom stereocenters. The minimum absolute atomic E-state index is 0.475. The fourth-order valence-corrected chi connectivity index (χ4v) is 1.36. The SMILES string of the molecule is CC(N)C(=O)NC(CC(N)=O)C(=O)NCC(=O)NC(C)C(=O)O. The second-order valence-electron chi connectivity index (χ2n) is 4.87. The summed E-state index contributed by atoms with van der Waals surface area (Å²) in [5.74, 6) is -4.31. The van der Waals surface area contributed by atoms with Gasteiger partial charge >= 0.3 is 5.97 Å². The minimum Gasteiger partial charge on any atom is -0.480 e. The molecule has 0 heterocycles. The maximum atomic E-state index is 11.9. The molecule has 0 radical (unpaired) electrons. The summed E-state index contributed by atoms with van der Waals surface area (Å²) in [7, 11) is 0. The lowest BCUT2D eigenvalue weighted by Gasteiger charge is -2.18. The number of aliphatic carboxylic acids is 1. The van der Waals surface area contributed by atoms with Crippen LogP contribution in [0, 0.1) is 0 Å². The summed E-state index contributed by atoms with van der Waals surface area (Å²) in [5.41, 5.74) is 10.3. The molecule has 0 rings (SSSR count). The van der Waals surface area contributed by atoms with E-state index in [1.807, 2.05) is 0 Å². The lowest BCUT2D eigenvalue weighted by molar-refractivity contribution is -0.141. The molecule has 8 N–H and O–H groups in total. The van der Waals surface area contributed by atoms with Crippen molar-refractivity contribution in [2.75, 3.05) is 6.54 Å². The summed E-state index contributed by atoms with van der Waals surface area (Å²) in [6.45, 7) is 2.11. The number of nitrogens with two attached hydrogens (primary N) is 2. The van der Waals surface area contributed by atoms with Crippen LogP contribution in [0.4, 0.5) is 0 Å². The van der Waals surface area contributed by atoms with Crippen molar-refractivity contribution in [3.63, 3.8) is 0 Å². The van der Waals surface area contributed by atoms with Gasteiger partial charge in [-0.05, 0) is 13.8 Å². The molecule has 11 nitrogen and oxygen atoms in total. The summed E-state index contributed by atoms with van der Waals surface area (Å²) in [6, 6.07) is -3.31. The first-order valence-corrected chi connectivity index (χ1v) is 6.68. The van der Waals surface area contributed by atoms with Crippen LogP contribution >= 0.6 is 0 Å². The van der Waals surface area contributed by atoms with E-state index in [1.54, 1.807) is 0 Å². The van der Waals surface area contributed by atoms with Gasteiger partial charge in [0, 0.05) is 0 Å². The Hall–Kier alpha value is -2.69. The van der Waals surface area contributed by atoms with Gasteiger partial charge in [0.1, 0.15) is 12.1 Å². The fraction of sp³-hybridized carbons (Fsp3) is 0.583. The third-order valence-corrected chi connectivity index (χ3v) is 2.62. The predicted molar refractivity (Wildman–Crippen MR) is 77.6 cm³/mol. The van der Waals surface area contributed by atoms with E-state index in [4.69, 9.17) is 16.6 Å². The molecule has 0 fully saturated rings. The zero-order chi connectivity index (χ0) is 18.2. The van der Waals surface area contributed by atoms with E-state index in [-0.39, 0.29) is 0 Å². The number of nitrogens with one attached hydrogen (secondary N) is 3. The molecule has 4 amide bonds. The van der Waals surface area contributed by atoms with E-state index in [9.17, 15) is 24.0 Å². The van der Waals surface area contributed by atoms with Crippen LogP contribution in [-0.2, 0) is 24.0 Å². The lowest BCUT2D eigenvalue weighted by atomic mass is 10.1. The molecule has 0 aromatic carbocycles. The highest BCUT2D eigenvalue weighted by Gasteiger charge is 2.24. The van der Waals surface area contributed by atoms with Crippen LogP contribution in [0.3, 0.4) is 0 Å². The van der Waals surface area contributed by atoms with Crippen molar-refractivity contribution in [1.29, 1.82) is 0 Å². The maximum absolute atomic E-state index is 11.9. The number of carbonyl (C=O) groups is 5. The van der Waals surface area contributed by atoms with E-state index >= 15 is 0 Å². The normalized spacial score (nSPS) is 14.0.